The molecule has 0 saturated heterocycles. The van der Waals surface area contributed by atoms with Crippen LogP contribution in [0.25, 0.3) is 0 Å². The normalized spacial score (nSPS) is 12.6. The van der Waals surface area contributed by atoms with E-state index in [9.17, 15) is 8.42 Å². The first kappa shape index (κ1) is 13.6. The van der Waals surface area contributed by atoms with Crippen molar-refractivity contribution in [3.05, 3.63) is 28.2 Å². The molecule has 5 N–H and O–H groups in total. The number of nitrogens with zero attached hydrogens (tertiary/aromatic N) is 2. The van der Waals surface area contributed by atoms with Gasteiger partial charge in [0.15, 0.2) is 5.84 Å². The van der Waals surface area contributed by atoms with Crippen LogP contribution in [-0.2, 0) is 10.0 Å². The summed E-state index contributed by atoms with van der Waals surface area (Å²) < 4.78 is 26.7. The van der Waals surface area contributed by atoms with Crippen molar-refractivity contribution < 1.29 is 13.6 Å². The number of rotatable bonds is 4. The third kappa shape index (κ3) is 2.80. The molecule has 0 radical (unpaired) electrons. The number of H-pyrrole nitrogens is 1. The van der Waals surface area contributed by atoms with E-state index in [4.69, 9.17) is 22.5 Å². The van der Waals surface area contributed by atoms with Crippen LogP contribution in [0.15, 0.2) is 27.7 Å². The number of aromatic nitrogens is 2. The Kier molecular flexibility index (Phi) is 3.64. The van der Waals surface area contributed by atoms with Crippen molar-refractivity contribution in [1.29, 1.82) is 0 Å². The molecule has 0 aliphatic carbocycles. The molecule has 2 aromatic rings. The highest BCUT2D eigenvalue weighted by molar-refractivity contribution is 7.94. The SMILES string of the molecule is NC(=NO)c1cn[nH]c1NS(=O)(=O)c1ccc(Cl)s1. The molecule has 0 spiro atoms. The third-order valence-electron chi connectivity index (χ3n) is 2.07. The van der Waals surface area contributed by atoms with E-state index < -0.39 is 10.0 Å². The monoisotopic (exact) mass is 321 g/mol. The zero-order chi connectivity index (χ0) is 14.0. The second-order valence-corrected chi connectivity index (χ2v) is 6.93. The second kappa shape index (κ2) is 5.07. The van der Waals surface area contributed by atoms with Crippen LogP contribution in [0.2, 0.25) is 4.34 Å². The van der Waals surface area contributed by atoms with E-state index in [1.165, 1.54) is 18.3 Å². The van der Waals surface area contributed by atoms with Crippen molar-refractivity contribution in [1.82, 2.24) is 10.2 Å². The smallest absolute Gasteiger partial charge is 0.272 e. The summed E-state index contributed by atoms with van der Waals surface area (Å²) in [6.07, 6.45) is 1.23. The zero-order valence-corrected chi connectivity index (χ0v) is 11.6. The number of hydrogen-bond donors (Lipinski definition) is 4. The number of sulfonamides is 1. The van der Waals surface area contributed by atoms with Gasteiger partial charge in [0, 0.05) is 0 Å². The number of aromatic amines is 1. The number of hydrogen-bond acceptors (Lipinski definition) is 6. The summed E-state index contributed by atoms with van der Waals surface area (Å²) in [7, 11) is -3.81. The van der Waals surface area contributed by atoms with E-state index in [-0.39, 0.29) is 21.4 Å². The van der Waals surface area contributed by atoms with Gasteiger partial charge < -0.3 is 10.9 Å². The molecule has 2 rings (SSSR count). The molecule has 0 unspecified atom stereocenters. The second-order valence-electron chi connectivity index (χ2n) is 3.31. The van der Waals surface area contributed by atoms with Gasteiger partial charge in [0.05, 0.1) is 16.1 Å². The summed E-state index contributed by atoms with van der Waals surface area (Å²) in [4.78, 5) is 0. The minimum atomic E-state index is -3.81. The minimum Gasteiger partial charge on any atom is -0.409 e. The van der Waals surface area contributed by atoms with Crippen molar-refractivity contribution in [2.24, 2.45) is 10.9 Å². The van der Waals surface area contributed by atoms with Crippen molar-refractivity contribution in [3.63, 3.8) is 0 Å². The quantitative estimate of drug-likeness (QED) is 0.289. The largest absolute Gasteiger partial charge is 0.409 e. The van der Waals surface area contributed by atoms with Crippen LogP contribution >= 0.6 is 22.9 Å². The maximum absolute atomic E-state index is 12.0. The molecule has 0 fully saturated rings. The first-order valence-electron chi connectivity index (χ1n) is 4.73. The molecule has 2 heterocycles. The fourth-order valence-electron chi connectivity index (χ4n) is 1.24. The molecule has 19 heavy (non-hydrogen) atoms. The van der Waals surface area contributed by atoms with E-state index in [0.29, 0.717) is 4.34 Å². The van der Waals surface area contributed by atoms with Gasteiger partial charge in [-0.2, -0.15) is 5.10 Å². The Balaban J connectivity index is 2.34. The van der Waals surface area contributed by atoms with Crippen LogP contribution in [0.3, 0.4) is 0 Å². The van der Waals surface area contributed by atoms with Crippen molar-refractivity contribution in [2.45, 2.75) is 4.21 Å². The molecular formula is C8H8ClN5O3S2. The number of nitrogens with one attached hydrogen (secondary N) is 2. The highest BCUT2D eigenvalue weighted by Gasteiger charge is 2.20. The Labute approximate surface area is 116 Å². The van der Waals surface area contributed by atoms with Gasteiger partial charge in [0.1, 0.15) is 10.0 Å². The van der Waals surface area contributed by atoms with Gasteiger partial charge in [0.25, 0.3) is 10.0 Å². The summed E-state index contributed by atoms with van der Waals surface area (Å²) in [5.74, 6) is -0.268. The summed E-state index contributed by atoms with van der Waals surface area (Å²) in [5, 5.41) is 17.4. The molecular weight excluding hydrogens is 314 g/mol. The van der Waals surface area contributed by atoms with E-state index >= 15 is 0 Å². The van der Waals surface area contributed by atoms with Gasteiger partial charge in [-0.25, -0.2) is 8.42 Å². The van der Waals surface area contributed by atoms with Crippen LogP contribution in [0.1, 0.15) is 5.56 Å². The highest BCUT2D eigenvalue weighted by atomic mass is 35.5. The Hall–Kier alpha value is -1.78. The number of amidine groups is 1. The van der Waals surface area contributed by atoms with E-state index in [0.717, 1.165) is 11.3 Å². The van der Waals surface area contributed by atoms with Gasteiger partial charge in [-0.3, -0.25) is 9.82 Å². The molecule has 102 valence electrons. The number of anilines is 1. The van der Waals surface area contributed by atoms with Crippen molar-refractivity contribution in [2.75, 3.05) is 4.72 Å². The lowest BCUT2D eigenvalue weighted by molar-refractivity contribution is 0.318. The Bertz CT molecular complexity index is 720. The summed E-state index contributed by atoms with van der Waals surface area (Å²) in [6, 6.07) is 2.84. The maximum atomic E-state index is 12.0. The average molecular weight is 322 g/mol. The first-order valence-corrected chi connectivity index (χ1v) is 7.41. The van der Waals surface area contributed by atoms with E-state index in [1.807, 2.05) is 0 Å². The van der Waals surface area contributed by atoms with Crippen LogP contribution in [0.5, 0.6) is 0 Å². The predicted molar refractivity (Wildman–Crippen MR) is 71.2 cm³/mol. The molecule has 8 nitrogen and oxygen atoms in total. The van der Waals surface area contributed by atoms with Crippen molar-refractivity contribution in [3.8, 4) is 0 Å². The molecule has 0 aromatic carbocycles. The molecule has 0 amide bonds. The number of halogens is 1. The number of thiophene rings is 1. The van der Waals surface area contributed by atoms with Gasteiger partial charge in [-0.1, -0.05) is 16.8 Å². The molecule has 0 atom stereocenters. The fraction of sp³-hybridized carbons (Fsp3) is 0. The highest BCUT2D eigenvalue weighted by Crippen LogP contribution is 2.27. The summed E-state index contributed by atoms with van der Waals surface area (Å²) >= 11 is 6.59. The minimum absolute atomic E-state index is 0.000164. The fourth-order valence-corrected chi connectivity index (χ4v) is 3.76. The Morgan fingerprint density at radius 1 is 1.58 bits per heavy atom. The van der Waals surface area contributed by atoms with Gasteiger partial charge >= 0.3 is 0 Å². The molecule has 2 aromatic heterocycles. The summed E-state index contributed by atoms with van der Waals surface area (Å²) in [5.41, 5.74) is 5.52. The van der Waals surface area contributed by atoms with Gasteiger partial charge in [-0.05, 0) is 12.1 Å². The summed E-state index contributed by atoms with van der Waals surface area (Å²) in [6.45, 7) is 0. The molecule has 0 saturated carbocycles. The molecule has 0 aliphatic heterocycles. The number of nitrogens with two attached hydrogens (primary N) is 1. The van der Waals surface area contributed by atoms with E-state index in [2.05, 4.69) is 20.1 Å². The third-order valence-corrected chi connectivity index (χ3v) is 5.15. The lowest BCUT2D eigenvalue weighted by Gasteiger charge is -2.05. The molecule has 0 aliphatic rings. The molecule has 11 heteroatoms. The maximum Gasteiger partial charge on any atom is 0.272 e. The topological polar surface area (TPSA) is 133 Å². The van der Waals surface area contributed by atoms with Crippen molar-refractivity contribution >= 4 is 44.6 Å². The van der Waals surface area contributed by atoms with Gasteiger partial charge in [0.2, 0.25) is 0 Å². The number of oxime groups is 1. The lowest BCUT2D eigenvalue weighted by Crippen LogP contribution is -2.18. The zero-order valence-electron chi connectivity index (χ0n) is 9.16. The Morgan fingerprint density at radius 3 is 2.89 bits per heavy atom. The van der Waals surface area contributed by atoms with Crippen LogP contribution in [0, 0.1) is 0 Å². The van der Waals surface area contributed by atoms with Gasteiger partial charge in [-0.15, -0.1) is 11.3 Å². The average Bonchev–Trinajstić information content (AvgIpc) is 2.97. The predicted octanol–water partition coefficient (Wildman–Crippen LogP) is 1.02. The first-order chi connectivity index (χ1) is 8.94. The van der Waals surface area contributed by atoms with E-state index in [1.54, 1.807) is 0 Å². The molecule has 0 bridgehead atoms. The van der Waals surface area contributed by atoms with Crippen LogP contribution in [0.4, 0.5) is 5.82 Å². The van der Waals surface area contributed by atoms with Crippen LogP contribution in [-0.4, -0.2) is 29.7 Å². The Morgan fingerprint density at radius 2 is 2.32 bits per heavy atom. The standard InChI is InChI=1S/C8H8ClN5O3S2/c9-5-1-2-6(18-5)19(16,17)14-8-4(3-11-12-8)7(10)13-15/h1-3,15H,(H2,10,13)(H2,11,12,14). The lowest BCUT2D eigenvalue weighted by atomic mass is 10.3. The van der Waals surface area contributed by atoms with Crippen LogP contribution < -0.4 is 10.5 Å².